The fourth-order valence-electron chi connectivity index (χ4n) is 6.09. The topological polar surface area (TPSA) is 86.8 Å². The van der Waals surface area contributed by atoms with Crippen LogP contribution in [-0.2, 0) is 14.3 Å². The van der Waals surface area contributed by atoms with Crippen molar-refractivity contribution < 1.29 is 23.5 Å². The number of rotatable bonds is 7. The molecular weight excluding hydrogens is 518 g/mol. The Labute approximate surface area is 240 Å². The Morgan fingerprint density at radius 2 is 1.71 bits per heavy atom. The molecule has 0 radical (unpaired) electrons. The second-order valence-corrected chi connectivity index (χ2v) is 11.3. The SMILES string of the molecule is CCOC(=O)c1cn(-c2ccc(-c3ccc4occc4c3)cc2)nc1N(C(=O)C1CCC(C)CC1)C1CCOCC1. The molecule has 0 N–H and O–H groups in total. The van der Waals surface area contributed by atoms with E-state index >= 15 is 0 Å². The van der Waals surface area contributed by atoms with Gasteiger partial charge in [-0.3, -0.25) is 9.69 Å². The maximum Gasteiger partial charge on any atom is 0.343 e. The van der Waals surface area contributed by atoms with Crippen molar-refractivity contribution in [2.45, 2.75) is 58.4 Å². The number of fused-ring (bicyclic) bond motifs is 1. The maximum atomic E-state index is 14.1. The van der Waals surface area contributed by atoms with Crippen LogP contribution < -0.4 is 4.90 Å². The van der Waals surface area contributed by atoms with Gasteiger partial charge in [0, 0.05) is 36.8 Å². The lowest BCUT2D eigenvalue weighted by atomic mass is 9.82. The van der Waals surface area contributed by atoms with Crippen LogP contribution in [0.3, 0.4) is 0 Å². The number of hydrogen-bond acceptors (Lipinski definition) is 6. The second-order valence-electron chi connectivity index (χ2n) is 11.3. The molecule has 0 unspecified atom stereocenters. The van der Waals surface area contributed by atoms with E-state index in [0.717, 1.165) is 53.5 Å². The van der Waals surface area contributed by atoms with Crippen LogP contribution in [0, 0.1) is 11.8 Å². The van der Waals surface area contributed by atoms with E-state index < -0.39 is 5.97 Å². The molecular formula is C33H37N3O5. The summed E-state index contributed by atoms with van der Waals surface area (Å²) in [7, 11) is 0. The Morgan fingerprint density at radius 1 is 0.976 bits per heavy atom. The van der Waals surface area contributed by atoms with E-state index in [1.807, 2.05) is 42.5 Å². The first-order valence-electron chi connectivity index (χ1n) is 14.8. The zero-order valence-corrected chi connectivity index (χ0v) is 23.8. The molecule has 6 rings (SSSR count). The second kappa shape index (κ2) is 11.9. The number of hydrogen-bond donors (Lipinski definition) is 0. The van der Waals surface area contributed by atoms with Gasteiger partial charge in [-0.15, -0.1) is 5.10 Å². The van der Waals surface area contributed by atoms with Gasteiger partial charge < -0.3 is 13.9 Å². The van der Waals surface area contributed by atoms with Gasteiger partial charge >= 0.3 is 5.97 Å². The molecule has 3 heterocycles. The zero-order valence-electron chi connectivity index (χ0n) is 23.8. The van der Waals surface area contributed by atoms with Crippen molar-refractivity contribution in [3.8, 4) is 16.8 Å². The predicted octanol–water partition coefficient (Wildman–Crippen LogP) is 6.80. The quantitative estimate of drug-likeness (QED) is 0.233. The molecule has 1 saturated heterocycles. The average Bonchev–Trinajstić information content (AvgIpc) is 3.66. The first-order valence-corrected chi connectivity index (χ1v) is 14.8. The van der Waals surface area contributed by atoms with Crippen molar-refractivity contribution in [1.82, 2.24) is 9.78 Å². The number of aromatic nitrogens is 2. The Bertz CT molecular complexity index is 1510. The predicted molar refractivity (Wildman–Crippen MR) is 157 cm³/mol. The molecule has 41 heavy (non-hydrogen) atoms. The van der Waals surface area contributed by atoms with Crippen LogP contribution in [0.15, 0.2) is 65.4 Å². The van der Waals surface area contributed by atoms with Gasteiger partial charge in [-0.1, -0.05) is 25.1 Å². The van der Waals surface area contributed by atoms with Gasteiger partial charge in [0.05, 0.1) is 18.6 Å². The van der Waals surface area contributed by atoms with Gasteiger partial charge in [-0.25, -0.2) is 9.48 Å². The van der Waals surface area contributed by atoms with Crippen molar-refractivity contribution in [1.29, 1.82) is 0 Å². The third-order valence-electron chi connectivity index (χ3n) is 8.49. The monoisotopic (exact) mass is 555 g/mol. The molecule has 2 aliphatic rings. The molecule has 1 aliphatic heterocycles. The molecule has 2 aromatic carbocycles. The smallest absolute Gasteiger partial charge is 0.343 e. The lowest BCUT2D eigenvalue weighted by molar-refractivity contribution is -0.124. The molecule has 8 heteroatoms. The Morgan fingerprint density at radius 3 is 2.44 bits per heavy atom. The van der Waals surface area contributed by atoms with Crippen LogP contribution in [0.25, 0.3) is 27.8 Å². The van der Waals surface area contributed by atoms with E-state index in [2.05, 4.69) is 13.0 Å². The van der Waals surface area contributed by atoms with Crippen molar-refractivity contribution in [2.75, 3.05) is 24.7 Å². The molecule has 0 spiro atoms. The Hall–Kier alpha value is -3.91. The Kier molecular flexibility index (Phi) is 7.92. The highest BCUT2D eigenvalue weighted by atomic mass is 16.5. The number of nitrogens with zero attached hydrogens (tertiary/aromatic N) is 3. The van der Waals surface area contributed by atoms with E-state index in [1.54, 1.807) is 29.0 Å². The third-order valence-corrected chi connectivity index (χ3v) is 8.49. The first-order chi connectivity index (χ1) is 20.0. The number of benzene rings is 2. The third kappa shape index (κ3) is 5.66. The van der Waals surface area contributed by atoms with Gasteiger partial charge in [0.1, 0.15) is 11.1 Å². The number of amides is 1. The van der Waals surface area contributed by atoms with Gasteiger partial charge in [-0.2, -0.15) is 0 Å². The van der Waals surface area contributed by atoms with Crippen molar-refractivity contribution in [3.63, 3.8) is 0 Å². The molecule has 214 valence electrons. The van der Waals surface area contributed by atoms with Crippen LogP contribution in [0.4, 0.5) is 5.82 Å². The molecule has 2 fully saturated rings. The number of furan rings is 1. The van der Waals surface area contributed by atoms with E-state index in [-0.39, 0.29) is 24.5 Å². The minimum Gasteiger partial charge on any atom is -0.464 e. The van der Waals surface area contributed by atoms with Crippen LogP contribution >= 0.6 is 0 Å². The van der Waals surface area contributed by atoms with Crippen LogP contribution in [0.2, 0.25) is 0 Å². The summed E-state index contributed by atoms with van der Waals surface area (Å²) in [6.45, 7) is 5.44. The van der Waals surface area contributed by atoms with Crippen molar-refractivity contribution in [3.05, 3.63) is 66.6 Å². The summed E-state index contributed by atoms with van der Waals surface area (Å²) in [5.74, 6) is 0.537. The van der Waals surface area contributed by atoms with Gasteiger partial charge in [0.25, 0.3) is 0 Å². The van der Waals surface area contributed by atoms with Crippen molar-refractivity contribution >= 4 is 28.7 Å². The number of esters is 1. The van der Waals surface area contributed by atoms with Crippen LogP contribution in [0.5, 0.6) is 0 Å². The maximum absolute atomic E-state index is 14.1. The van der Waals surface area contributed by atoms with Crippen LogP contribution in [0.1, 0.15) is 62.7 Å². The summed E-state index contributed by atoms with van der Waals surface area (Å²) >= 11 is 0. The van der Waals surface area contributed by atoms with Gasteiger partial charge in [0.2, 0.25) is 5.91 Å². The molecule has 1 saturated carbocycles. The largest absolute Gasteiger partial charge is 0.464 e. The highest BCUT2D eigenvalue weighted by molar-refractivity contribution is 6.02. The molecule has 8 nitrogen and oxygen atoms in total. The van der Waals surface area contributed by atoms with E-state index in [0.29, 0.717) is 43.4 Å². The summed E-state index contributed by atoms with van der Waals surface area (Å²) in [5, 5.41) is 5.94. The van der Waals surface area contributed by atoms with Gasteiger partial charge in [0.15, 0.2) is 5.82 Å². The summed E-state index contributed by atoms with van der Waals surface area (Å²) in [6.07, 6.45) is 8.61. The summed E-state index contributed by atoms with van der Waals surface area (Å²) in [4.78, 5) is 29.2. The number of anilines is 1. The zero-order chi connectivity index (χ0) is 28.3. The first kappa shape index (κ1) is 27.3. The van der Waals surface area contributed by atoms with Crippen LogP contribution in [-0.4, -0.2) is 47.5 Å². The molecule has 4 aromatic rings. The number of carbonyl (C=O) groups excluding carboxylic acids is 2. The molecule has 1 aliphatic carbocycles. The summed E-state index contributed by atoms with van der Waals surface area (Å²) in [6, 6.07) is 16.0. The Balaban J connectivity index is 1.36. The minimum atomic E-state index is -0.471. The molecule has 1 amide bonds. The normalized spacial score (nSPS) is 19.8. The summed E-state index contributed by atoms with van der Waals surface area (Å²) in [5.41, 5.74) is 4.09. The standard InChI is InChI=1S/C33H37N3O5/c1-3-40-33(38)29-21-35(27-11-8-23(9-12-27)25-10-13-30-26(20-25)14-19-41-30)34-31(29)36(28-15-17-39-18-16-28)32(37)24-6-4-22(2)5-7-24/h8-14,19-22,24,28H,3-7,15-18H2,1-2H3. The summed E-state index contributed by atoms with van der Waals surface area (Å²) < 4.78 is 18.2. The highest BCUT2D eigenvalue weighted by Crippen LogP contribution is 2.35. The van der Waals surface area contributed by atoms with E-state index in [4.69, 9.17) is 19.0 Å². The van der Waals surface area contributed by atoms with Crippen molar-refractivity contribution in [2.24, 2.45) is 11.8 Å². The minimum absolute atomic E-state index is 0.0598. The van der Waals surface area contributed by atoms with E-state index in [9.17, 15) is 9.59 Å². The van der Waals surface area contributed by atoms with Gasteiger partial charge in [-0.05, 0) is 92.8 Å². The molecule has 0 atom stereocenters. The average molecular weight is 556 g/mol. The number of carbonyl (C=O) groups is 2. The fraction of sp³-hybridized carbons (Fsp3) is 0.424. The lowest BCUT2D eigenvalue weighted by Crippen LogP contribution is -2.47. The lowest BCUT2D eigenvalue weighted by Gasteiger charge is -2.37. The fourth-order valence-corrected chi connectivity index (χ4v) is 6.09. The highest BCUT2D eigenvalue weighted by Gasteiger charge is 2.37. The number of ether oxygens (including phenoxy) is 2. The molecule has 0 bridgehead atoms. The molecule has 2 aromatic heterocycles. The van der Waals surface area contributed by atoms with E-state index in [1.165, 1.54) is 0 Å².